The molecule has 0 saturated carbocycles. The number of aryl methyl sites for hydroxylation is 2. The van der Waals surface area contributed by atoms with E-state index in [4.69, 9.17) is 23.8 Å². The molecule has 0 saturated heterocycles. The van der Waals surface area contributed by atoms with Gasteiger partial charge in [-0.15, -0.1) is 0 Å². The Balaban J connectivity index is 1.70. The van der Waals surface area contributed by atoms with Gasteiger partial charge in [-0.05, 0) is 75.4 Å². The van der Waals surface area contributed by atoms with Crippen molar-refractivity contribution >= 4 is 5.71 Å². The zero-order valence-corrected chi connectivity index (χ0v) is 20.6. The second kappa shape index (κ2) is 15.0. The highest BCUT2D eigenvalue weighted by atomic mass is 16.6. The molecule has 0 aliphatic rings. The van der Waals surface area contributed by atoms with Crippen LogP contribution in [0.15, 0.2) is 53.7 Å². The molecule has 0 amide bonds. The average Bonchev–Trinajstić information content (AvgIpc) is 2.81. The van der Waals surface area contributed by atoms with Crippen LogP contribution in [-0.4, -0.2) is 46.4 Å². The number of oxime groups is 1. The molecular weight excluding hydrogens is 418 g/mol. The summed E-state index contributed by atoms with van der Waals surface area (Å²) in [5.41, 5.74) is 3.77. The molecule has 0 fully saturated rings. The van der Waals surface area contributed by atoms with Crippen LogP contribution in [0, 0.1) is 13.8 Å². The highest BCUT2D eigenvalue weighted by Gasteiger charge is 2.11. The van der Waals surface area contributed by atoms with Crippen molar-refractivity contribution in [2.45, 2.75) is 40.0 Å². The fourth-order valence-electron chi connectivity index (χ4n) is 3.43. The third-order valence-corrected chi connectivity index (χ3v) is 5.05. The van der Waals surface area contributed by atoms with Crippen LogP contribution in [0.2, 0.25) is 0 Å². The molecule has 180 valence electrons. The zero-order valence-electron chi connectivity index (χ0n) is 20.6. The zero-order chi connectivity index (χ0) is 23.9. The van der Waals surface area contributed by atoms with Gasteiger partial charge in [0.25, 0.3) is 0 Å². The lowest BCUT2D eigenvalue weighted by atomic mass is 10.1. The van der Waals surface area contributed by atoms with Crippen LogP contribution in [0.1, 0.15) is 42.9 Å². The first-order valence-corrected chi connectivity index (χ1v) is 11.4. The molecule has 0 heterocycles. The smallest absolute Gasteiger partial charge is 0.128 e. The van der Waals surface area contributed by atoms with Crippen molar-refractivity contribution in [3.63, 3.8) is 0 Å². The number of hydrogen-bond acceptors (Lipinski definition) is 6. The number of allylic oxidation sites excluding steroid dienone is 1. The van der Waals surface area contributed by atoms with Crippen molar-refractivity contribution < 1.29 is 23.8 Å². The number of methoxy groups -OCH3 is 1. The van der Waals surface area contributed by atoms with E-state index in [1.54, 1.807) is 7.11 Å². The van der Waals surface area contributed by atoms with E-state index in [9.17, 15) is 0 Å². The van der Waals surface area contributed by atoms with Gasteiger partial charge in [0.2, 0.25) is 0 Å². The predicted molar refractivity (Wildman–Crippen MR) is 133 cm³/mol. The fraction of sp³-hybridized carbons (Fsp3) is 0.444. The minimum Gasteiger partial charge on any atom is -0.496 e. The van der Waals surface area contributed by atoms with E-state index in [-0.39, 0.29) is 0 Å². The lowest BCUT2D eigenvalue weighted by molar-refractivity contribution is 0.157. The number of unbranched alkanes of at least 4 members (excludes halogenated alkanes) is 2. The summed E-state index contributed by atoms with van der Waals surface area (Å²) < 4.78 is 23.0. The fourth-order valence-corrected chi connectivity index (χ4v) is 3.43. The van der Waals surface area contributed by atoms with E-state index in [0.717, 1.165) is 53.2 Å². The van der Waals surface area contributed by atoms with Crippen molar-refractivity contribution in [3.05, 3.63) is 65.2 Å². The first-order valence-electron chi connectivity index (χ1n) is 11.4. The molecule has 2 aromatic rings. The van der Waals surface area contributed by atoms with Crippen LogP contribution in [-0.2, 0) is 9.57 Å². The number of para-hydroxylation sites is 1. The first kappa shape index (κ1) is 26.3. The lowest BCUT2D eigenvalue weighted by Gasteiger charge is -2.14. The van der Waals surface area contributed by atoms with Crippen molar-refractivity contribution in [2.24, 2.45) is 5.16 Å². The Kier molecular flexibility index (Phi) is 11.9. The molecule has 0 radical (unpaired) electrons. The summed E-state index contributed by atoms with van der Waals surface area (Å²) in [6.45, 7) is 8.37. The van der Waals surface area contributed by atoms with Crippen molar-refractivity contribution in [2.75, 3.05) is 40.6 Å². The van der Waals surface area contributed by atoms with Gasteiger partial charge >= 0.3 is 0 Å². The lowest BCUT2D eigenvalue weighted by Crippen LogP contribution is -2.13. The second-order valence-electron chi connectivity index (χ2n) is 7.65. The van der Waals surface area contributed by atoms with E-state index in [2.05, 4.69) is 19.0 Å². The van der Waals surface area contributed by atoms with Crippen molar-refractivity contribution in [1.29, 1.82) is 0 Å². The van der Waals surface area contributed by atoms with Gasteiger partial charge < -0.3 is 23.8 Å². The minimum atomic E-state index is 0.367. The largest absolute Gasteiger partial charge is 0.496 e. The molecule has 2 aromatic carbocycles. The van der Waals surface area contributed by atoms with E-state index in [1.807, 2.05) is 55.5 Å². The minimum absolute atomic E-state index is 0.367. The standard InChI is InChI=1S/C27H37NO5/c1-6-7-16-32-23-18-21(2)27(22(3)19-23)33-17-12-8-11-15-31-20-25(28-30-5)24-13-9-10-14-26(24)29-4/h6-7,9-10,13-14,18-19H,8,11-12,15-17,20H2,1-5H3/b7-6+,28-25-. The molecule has 0 aliphatic carbocycles. The summed E-state index contributed by atoms with van der Waals surface area (Å²) in [7, 11) is 3.17. The Morgan fingerprint density at radius 1 is 0.939 bits per heavy atom. The maximum Gasteiger partial charge on any atom is 0.128 e. The van der Waals surface area contributed by atoms with E-state index >= 15 is 0 Å². The van der Waals surface area contributed by atoms with Crippen LogP contribution in [0.5, 0.6) is 17.2 Å². The molecule has 0 unspecified atom stereocenters. The van der Waals surface area contributed by atoms with Crippen LogP contribution in [0.3, 0.4) is 0 Å². The van der Waals surface area contributed by atoms with Crippen LogP contribution in [0.4, 0.5) is 0 Å². The van der Waals surface area contributed by atoms with Gasteiger partial charge in [0.15, 0.2) is 0 Å². The average molecular weight is 456 g/mol. The van der Waals surface area contributed by atoms with Crippen molar-refractivity contribution in [3.8, 4) is 17.2 Å². The Labute approximate surface area is 198 Å². The van der Waals surface area contributed by atoms with Gasteiger partial charge in [-0.3, -0.25) is 0 Å². The SMILES string of the molecule is C/C=C/COc1cc(C)c(OCCCCCOC/C(=N/OC)c2ccccc2OC)c(C)c1. The molecule has 6 nitrogen and oxygen atoms in total. The molecule has 0 aromatic heterocycles. The van der Waals surface area contributed by atoms with Gasteiger partial charge in [-0.1, -0.05) is 29.4 Å². The number of nitrogens with zero attached hydrogens (tertiary/aromatic N) is 1. The molecule has 0 N–H and O–H groups in total. The monoisotopic (exact) mass is 455 g/mol. The van der Waals surface area contributed by atoms with Gasteiger partial charge in [0.05, 0.1) is 20.3 Å². The molecule has 33 heavy (non-hydrogen) atoms. The Bertz CT molecular complexity index is 884. The topological polar surface area (TPSA) is 58.5 Å². The third-order valence-electron chi connectivity index (χ3n) is 5.05. The summed E-state index contributed by atoms with van der Waals surface area (Å²) in [4.78, 5) is 4.99. The van der Waals surface area contributed by atoms with Gasteiger partial charge in [-0.25, -0.2) is 0 Å². The summed E-state index contributed by atoms with van der Waals surface area (Å²) >= 11 is 0. The molecule has 2 rings (SSSR count). The highest BCUT2D eigenvalue weighted by molar-refractivity contribution is 6.03. The number of hydrogen-bond donors (Lipinski definition) is 0. The third kappa shape index (κ3) is 8.81. The van der Waals surface area contributed by atoms with E-state index < -0.39 is 0 Å². The van der Waals surface area contributed by atoms with Crippen LogP contribution >= 0.6 is 0 Å². The number of rotatable bonds is 15. The van der Waals surface area contributed by atoms with Gasteiger partial charge in [-0.2, -0.15) is 0 Å². The quantitative estimate of drug-likeness (QED) is 0.145. The molecule has 0 bridgehead atoms. The van der Waals surface area contributed by atoms with Gasteiger partial charge in [0.1, 0.15) is 36.7 Å². The normalized spacial score (nSPS) is 11.6. The maximum atomic E-state index is 6.05. The van der Waals surface area contributed by atoms with E-state index in [1.165, 1.54) is 7.11 Å². The predicted octanol–water partition coefficient (Wildman–Crippen LogP) is 5.88. The van der Waals surface area contributed by atoms with Gasteiger partial charge in [0, 0.05) is 12.2 Å². The molecule has 0 atom stereocenters. The molecule has 0 aliphatic heterocycles. The molecular formula is C27H37NO5. The highest BCUT2D eigenvalue weighted by Crippen LogP contribution is 2.28. The Morgan fingerprint density at radius 3 is 2.36 bits per heavy atom. The van der Waals surface area contributed by atoms with Crippen LogP contribution in [0.25, 0.3) is 0 Å². The number of benzene rings is 2. The summed E-state index contributed by atoms with van der Waals surface area (Å²) in [5, 5.41) is 4.11. The summed E-state index contributed by atoms with van der Waals surface area (Å²) in [6, 6.07) is 11.8. The number of ether oxygens (including phenoxy) is 4. The Morgan fingerprint density at radius 2 is 1.67 bits per heavy atom. The van der Waals surface area contributed by atoms with Crippen LogP contribution < -0.4 is 14.2 Å². The summed E-state index contributed by atoms with van der Waals surface area (Å²) in [6.07, 6.45) is 6.91. The molecule has 6 heteroatoms. The molecule has 0 spiro atoms. The summed E-state index contributed by atoms with van der Waals surface area (Å²) in [5.74, 6) is 2.57. The maximum absolute atomic E-state index is 6.05. The second-order valence-corrected chi connectivity index (χ2v) is 7.65. The van der Waals surface area contributed by atoms with E-state index in [0.29, 0.717) is 32.1 Å². The first-order chi connectivity index (χ1) is 16.1. The Hall–Kier alpha value is -2.99. The van der Waals surface area contributed by atoms with Crippen molar-refractivity contribution in [1.82, 2.24) is 0 Å².